The van der Waals surface area contributed by atoms with Gasteiger partial charge in [-0.1, -0.05) is 38.1 Å². The molecule has 0 aliphatic carbocycles. The van der Waals surface area contributed by atoms with Crippen molar-refractivity contribution in [2.75, 3.05) is 31.5 Å². The van der Waals surface area contributed by atoms with Gasteiger partial charge in [-0.3, -0.25) is 4.90 Å². The number of nitrogens with zero attached hydrogens (tertiary/aromatic N) is 4. The average molecular weight is 534 g/mol. The van der Waals surface area contributed by atoms with Crippen LogP contribution in [-0.2, 0) is 10.0 Å². The van der Waals surface area contributed by atoms with Crippen molar-refractivity contribution in [3.63, 3.8) is 0 Å². The van der Waals surface area contributed by atoms with Gasteiger partial charge < -0.3 is 5.32 Å². The van der Waals surface area contributed by atoms with Gasteiger partial charge in [0.05, 0.1) is 16.5 Å². The third-order valence-corrected chi connectivity index (χ3v) is 9.02. The lowest BCUT2D eigenvalue weighted by molar-refractivity contribution is 0.141. The molecule has 0 radical (unpaired) electrons. The van der Waals surface area contributed by atoms with Crippen LogP contribution >= 0.6 is 0 Å². The van der Waals surface area contributed by atoms with Gasteiger partial charge in [-0.25, -0.2) is 22.8 Å². The van der Waals surface area contributed by atoms with E-state index in [-0.39, 0.29) is 10.9 Å². The Hall–Kier alpha value is -3.40. The van der Waals surface area contributed by atoms with Crippen LogP contribution in [0.15, 0.2) is 77.7 Å². The molecule has 0 spiro atoms. The van der Waals surface area contributed by atoms with Crippen molar-refractivity contribution >= 4 is 32.4 Å². The zero-order valence-electron chi connectivity index (χ0n) is 21.8. The van der Waals surface area contributed by atoms with Gasteiger partial charge in [0.15, 0.2) is 0 Å². The Bertz CT molecular complexity index is 1520. The molecule has 4 aromatic rings. The van der Waals surface area contributed by atoms with Crippen molar-refractivity contribution in [1.29, 1.82) is 0 Å². The molecule has 3 aromatic carbocycles. The van der Waals surface area contributed by atoms with Crippen LogP contribution in [0.2, 0.25) is 0 Å². The first kappa shape index (κ1) is 26.2. The summed E-state index contributed by atoms with van der Waals surface area (Å²) in [6, 6.07) is 21.2. The molecular formula is C29H32FN5O2S. The summed E-state index contributed by atoms with van der Waals surface area (Å²) in [6.07, 6.45) is 0. The SMILES string of the molecule is CC(C)c1ccc(Nc2nc([C@H](C)N3CCN(S(=O)(=O)c4ccc(F)cc4)CC3)nc3ccccc23)cc1. The third kappa shape index (κ3) is 5.41. The maximum Gasteiger partial charge on any atom is 0.243 e. The first-order chi connectivity index (χ1) is 18.2. The Morgan fingerprint density at radius 1 is 0.842 bits per heavy atom. The van der Waals surface area contributed by atoms with Crippen molar-refractivity contribution in [2.24, 2.45) is 0 Å². The second-order valence-electron chi connectivity index (χ2n) is 9.92. The smallest absolute Gasteiger partial charge is 0.243 e. The van der Waals surface area contributed by atoms with Crippen LogP contribution in [0.5, 0.6) is 0 Å². The minimum Gasteiger partial charge on any atom is -0.340 e. The predicted molar refractivity (Wildman–Crippen MR) is 148 cm³/mol. The number of fused-ring (bicyclic) bond motifs is 1. The molecule has 5 rings (SSSR count). The van der Waals surface area contributed by atoms with E-state index < -0.39 is 15.8 Å². The van der Waals surface area contributed by atoms with Crippen LogP contribution in [0.25, 0.3) is 10.9 Å². The number of para-hydroxylation sites is 1. The fourth-order valence-electron chi connectivity index (χ4n) is 4.71. The van der Waals surface area contributed by atoms with Crippen LogP contribution < -0.4 is 5.32 Å². The number of rotatable bonds is 7. The molecule has 9 heteroatoms. The first-order valence-corrected chi connectivity index (χ1v) is 14.3. The van der Waals surface area contributed by atoms with E-state index in [0.717, 1.165) is 22.4 Å². The Labute approximate surface area is 223 Å². The van der Waals surface area contributed by atoms with Gasteiger partial charge in [0.25, 0.3) is 0 Å². The molecule has 198 valence electrons. The maximum absolute atomic E-state index is 13.3. The van der Waals surface area contributed by atoms with Crippen LogP contribution in [0.3, 0.4) is 0 Å². The Morgan fingerprint density at radius 2 is 1.50 bits per heavy atom. The van der Waals surface area contributed by atoms with Crippen LogP contribution in [0.1, 0.15) is 44.1 Å². The molecule has 1 atom stereocenters. The highest BCUT2D eigenvalue weighted by Gasteiger charge is 2.31. The third-order valence-electron chi connectivity index (χ3n) is 7.11. The Morgan fingerprint density at radius 3 is 2.16 bits per heavy atom. The van der Waals surface area contributed by atoms with E-state index in [1.807, 2.05) is 24.3 Å². The summed E-state index contributed by atoms with van der Waals surface area (Å²) in [7, 11) is -3.67. The highest BCUT2D eigenvalue weighted by molar-refractivity contribution is 7.89. The summed E-state index contributed by atoms with van der Waals surface area (Å²) in [4.78, 5) is 12.1. The van der Waals surface area contributed by atoms with E-state index in [4.69, 9.17) is 9.97 Å². The van der Waals surface area contributed by atoms with Crippen molar-refractivity contribution in [2.45, 2.75) is 37.6 Å². The number of piperazine rings is 1. The van der Waals surface area contributed by atoms with Crippen molar-refractivity contribution in [1.82, 2.24) is 19.2 Å². The molecule has 38 heavy (non-hydrogen) atoms. The molecule has 1 saturated heterocycles. The van der Waals surface area contributed by atoms with Crippen molar-refractivity contribution in [3.05, 3.63) is 90.0 Å². The molecule has 0 unspecified atom stereocenters. The molecule has 1 aliphatic rings. The molecule has 7 nitrogen and oxygen atoms in total. The zero-order valence-corrected chi connectivity index (χ0v) is 22.6. The Kier molecular flexibility index (Phi) is 7.43. The van der Waals surface area contributed by atoms with Gasteiger partial charge >= 0.3 is 0 Å². The van der Waals surface area contributed by atoms with Gasteiger partial charge in [0.1, 0.15) is 17.5 Å². The number of aromatic nitrogens is 2. The second kappa shape index (κ2) is 10.8. The number of hydrogen-bond donors (Lipinski definition) is 1. The monoisotopic (exact) mass is 533 g/mol. The van der Waals surface area contributed by atoms with Crippen molar-refractivity contribution in [3.8, 4) is 0 Å². The number of nitrogens with one attached hydrogen (secondary N) is 1. The lowest BCUT2D eigenvalue weighted by Crippen LogP contribution is -2.49. The predicted octanol–water partition coefficient (Wildman–Crippen LogP) is 5.70. The second-order valence-corrected chi connectivity index (χ2v) is 11.9. The van der Waals surface area contributed by atoms with E-state index in [2.05, 4.69) is 55.3 Å². The molecule has 0 bridgehead atoms. The minimum absolute atomic E-state index is 0.107. The standard InChI is InChI=1S/C29H32FN5O2S/c1-20(2)22-8-12-24(13-9-22)31-29-26-6-4-5-7-27(26)32-28(33-29)21(3)34-16-18-35(19-17-34)38(36,37)25-14-10-23(30)11-15-25/h4-15,20-21H,16-19H2,1-3H3,(H,31,32,33)/t21-/m0/s1. The molecule has 1 aromatic heterocycles. The van der Waals surface area contributed by atoms with Gasteiger partial charge in [-0.15, -0.1) is 0 Å². The van der Waals surface area contributed by atoms with Gasteiger partial charge in [0.2, 0.25) is 10.0 Å². The first-order valence-electron chi connectivity index (χ1n) is 12.9. The number of benzene rings is 3. The van der Waals surface area contributed by atoms with Gasteiger partial charge in [-0.05, 0) is 66.9 Å². The molecule has 2 heterocycles. The fourth-order valence-corrected chi connectivity index (χ4v) is 6.14. The van der Waals surface area contributed by atoms with E-state index in [1.54, 1.807) is 0 Å². The minimum atomic E-state index is -3.67. The van der Waals surface area contributed by atoms with Crippen LogP contribution in [-0.4, -0.2) is 53.8 Å². The summed E-state index contributed by atoms with van der Waals surface area (Å²) >= 11 is 0. The normalized spacial score (nSPS) is 16.1. The lowest BCUT2D eigenvalue weighted by Gasteiger charge is -2.36. The van der Waals surface area contributed by atoms with E-state index >= 15 is 0 Å². The quantitative estimate of drug-likeness (QED) is 0.328. The van der Waals surface area contributed by atoms with Crippen molar-refractivity contribution < 1.29 is 12.8 Å². The fraction of sp³-hybridized carbons (Fsp3) is 0.310. The number of sulfonamides is 1. The summed E-state index contributed by atoms with van der Waals surface area (Å²) in [5.41, 5.74) is 3.08. The Balaban J connectivity index is 1.35. The van der Waals surface area contributed by atoms with Gasteiger partial charge in [-0.2, -0.15) is 4.31 Å². The topological polar surface area (TPSA) is 78.4 Å². The van der Waals surface area contributed by atoms with Crippen LogP contribution in [0, 0.1) is 5.82 Å². The summed E-state index contributed by atoms with van der Waals surface area (Å²) in [5, 5.41) is 4.41. The summed E-state index contributed by atoms with van der Waals surface area (Å²) in [5.74, 6) is 1.43. The zero-order chi connectivity index (χ0) is 26.9. The molecule has 1 aliphatic heterocycles. The molecule has 1 fully saturated rings. The summed E-state index contributed by atoms with van der Waals surface area (Å²) in [6.45, 7) is 8.15. The molecule has 0 saturated carbocycles. The van der Waals surface area contributed by atoms with Gasteiger partial charge in [0, 0.05) is 37.3 Å². The maximum atomic E-state index is 13.3. The molecule has 0 amide bonds. The van der Waals surface area contributed by atoms with E-state index in [0.29, 0.717) is 37.9 Å². The number of anilines is 2. The molecular weight excluding hydrogens is 501 g/mol. The van der Waals surface area contributed by atoms with E-state index in [9.17, 15) is 12.8 Å². The number of halogens is 1. The lowest BCUT2D eigenvalue weighted by atomic mass is 10.0. The highest BCUT2D eigenvalue weighted by atomic mass is 32.2. The highest BCUT2D eigenvalue weighted by Crippen LogP contribution is 2.29. The van der Waals surface area contributed by atoms with E-state index in [1.165, 1.54) is 34.1 Å². The van der Waals surface area contributed by atoms with Crippen LogP contribution in [0.4, 0.5) is 15.9 Å². The number of hydrogen-bond acceptors (Lipinski definition) is 6. The average Bonchev–Trinajstić information content (AvgIpc) is 2.93. The summed E-state index contributed by atoms with van der Waals surface area (Å²) < 4.78 is 40.8. The molecule has 1 N–H and O–H groups in total. The largest absolute Gasteiger partial charge is 0.340 e.